The van der Waals surface area contributed by atoms with Gasteiger partial charge in [-0.1, -0.05) is 41.6 Å². The molecule has 0 unspecified atom stereocenters. The van der Waals surface area contributed by atoms with Crippen molar-refractivity contribution in [1.29, 1.82) is 0 Å². The Labute approximate surface area is 173 Å². The number of nitrogens with one attached hydrogen (secondary N) is 1. The van der Waals surface area contributed by atoms with E-state index in [0.29, 0.717) is 29.6 Å². The Bertz CT molecular complexity index is 1140. The summed E-state index contributed by atoms with van der Waals surface area (Å²) in [6.07, 6.45) is 3.98. The average Bonchev–Trinajstić information content (AvgIpc) is 3.25. The van der Waals surface area contributed by atoms with Crippen molar-refractivity contribution >= 4 is 11.6 Å². The Balaban J connectivity index is 1.48. The quantitative estimate of drug-likeness (QED) is 0.506. The molecule has 0 atom stereocenters. The summed E-state index contributed by atoms with van der Waals surface area (Å²) in [5.41, 5.74) is 3.25. The molecule has 0 saturated carbocycles. The van der Waals surface area contributed by atoms with Gasteiger partial charge in [-0.05, 0) is 29.8 Å². The van der Waals surface area contributed by atoms with E-state index < -0.39 is 0 Å². The molecule has 2 heterocycles. The van der Waals surface area contributed by atoms with E-state index in [4.69, 9.17) is 9.26 Å². The van der Waals surface area contributed by atoms with Crippen molar-refractivity contribution in [2.75, 3.05) is 12.4 Å². The third-order valence-electron chi connectivity index (χ3n) is 4.58. The SMILES string of the molecule is COc1ccccc1CC(=O)Nc1ccccc1Cc1nc(-c2ccncc2)no1. The molecule has 0 aliphatic heterocycles. The van der Waals surface area contributed by atoms with Gasteiger partial charge in [0.15, 0.2) is 0 Å². The van der Waals surface area contributed by atoms with Gasteiger partial charge in [0.05, 0.1) is 20.0 Å². The minimum atomic E-state index is -0.130. The number of nitrogens with zero attached hydrogens (tertiary/aromatic N) is 3. The lowest BCUT2D eigenvalue weighted by Gasteiger charge is -2.11. The molecule has 1 amide bonds. The number of anilines is 1. The zero-order valence-electron chi connectivity index (χ0n) is 16.4. The molecule has 1 N–H and O–H groups in total. The van der Waals surface area contributed by atoms with Gasteiger partial charge in [-0.25, -0.2) is 0 Å². The van der Waals surface area contributed by atoms with Gasteiger partial charge in [0.1, 0.15) is 5.75 Å². The molecule has 0 radical (unpaired) electrons. The Morgan fingerprint density at radius 2 is 1.73 bits per heavy atom. The molecule has 30 heavy (non-hydrogen) atoms. The van der Waals surface area contributed by atoms with Gasteiger partial charge < -0.3 is 14.6 Å². The van der Waals surface area contributed by atoms with Crippen LogP contribution >= 0.6 is 0 Å². The number of amides is 1. The molecule has 0 bridgehead atoms. The van der Waals surface area contributed by atoms with Crippen molar-refractivity contribution in [3.05, 3.63) is 90.1 Å². The van der Waals surface area contributed by atoms with Crippen LogP contribution in [0.5, 0.6) is 5.75 Å². The van der Waals surface area contributed by atoms with Crippen molar-refractivity contribution in [1.82, 2.24) is 15.1 Å². The van der Waals surface area contributed by atoms with Gasteiger partial charge in [0, 0.05) is 29.2 Å². The van der Waals surface area contributed by atoms with E-state index in [9.17, 15) is 4.79 Å². The maximum absolute atomic E-state index is 12.6. The van der Waals surface area contributed by atoms with Crippen LogP contribution < -0.4 is 10.1 Å². The third-order valence-corrected chi connectivity index (χ3v) is 4.58. The molecule has 0 aliphatic rings. The Hall–Kier alpha value is -4.00. The van der Waals surface area contributed by atoms with Crippen LogP contribution in [-0.4, -0.2) is 28.1 Å². The van der Waals surface area contributed by atoms with Crippen LogP contribution in [0.15, 0.2) is 77.6 Å². The van der Waals surface area contributed by atoms with Crippen LogP contribution in [0, 0.1) is 0 Å². The minimum Gasteiger partial charge on any atom is -0.496 e. The van der Waals surface area contributed by atoms with Gasteiger partial charge in [-0.3, -0.25) is 9.78 Å². The van der Waals surface area contributed by atoms with Crippen LogP contribution in [0.2, 0.25) is 0 Å². The first-order chi connectivity index (χ1) is 14.7. The average molecular weight is 400 g/mol. The number of benzene rings is 2. The number of methoxy groups -OCH3 is 1. The molecule has 0 spiro atoms. The topological polar surface area (TPSA) is 90.1 Å². The van der Waals surface area contributed by atoms with Crippen LogP contribution in [0.25, 0.3) is 11.4 Å². The number of hydrogen-bond donors (Lipinski definition) is 1. The van der Waals surface area contributed by atoms with E-state index in [1.54, 1.807) is 19.5 Å². The van der Waals surface area contributed by atoms with Crippen molar-refractivity contribution in [3.63, 3.8) is 0 Å². The highest BCUT2D eigenvalue weighted by Crippen LogP contribution is 2.22. The fraction of sp³-hybridized carbons (Fsp3) is 0.130. The number of aromatic nitrogens is 3. The number of ether oxygens (including phenoxy) is 1. The van der Waals surface area contributed by atoms with E-state index in [1.807, 2.05) is 60.7 Å². The number of carbonyl (C=O) groups is 1. The number of pyridine rings is 1. The molecular formula is C23H20N4O3. The van der Waals surface area contributed by atoms with Gasteiger partial charge in [0.2, 0.25) is 17.6 Å². The Kier molecular flexibility index (Phi) is 5.80. The predicted molar refractivity (Wildman–Crippen MR) is 112 cm³/mol. The van der Waals surface area contributed by atoms with Gasteiger partial charge in [-0.15, -0.1) is 0 Å². The summed E-state index contributed by atoms with van der Waals surface area (Å²) in [7, 11) is 1.59. The molecule has 0 saturated heterocycles. The van der Waals surface area contributed by atoms with Gasteiger partial charge in [0.25, 0.3) is 0 Å². The molecule has 2 aromatic carbocycles. The standard InChI is InChI=1S/C23H20N4O3/c1-29-20-9-5-3-7-18(20)14-21(28)25-19-8-4-2-6-17(19)15-22-26-23(27-30-22)16-10-12-24-13-11-16/h2-13H,14-15H2,1H3,(H,25,28). The number of rotatable bonds is 7. The summed E-state index contributed by atoms with van der Waals surface area (Å²) in [5, 5.41) is 7.01. The van der Waals surface area contributed by atoms with Crippen LogP contribution in [0.3, 0.4) is 0 Å². The Morgan fingerprint density at radius 1 is 1.00 bits per heavy atom. The highest BCUT2D eigenvalue weighted by Gasteiger charge is 2.14. The highest BCUT2D eigenvalue weighted by molar-refractivity contribution is 5.93. The van der Waals surface area contributed by atoms with Crippen LogP contribution in [0.1, 0.15) is 17.0 Å². The van der Waals surface area contributed by atoms with Crippen LogP contribution in [-0.2, 0) is 17.6 Å². The zero-order valence-corrected chi connectivity index (χ0v) is 16.4. The maximum Gasteiger partial charge on any atom is 0.231 e. The molecule has 150 valence electrons. The smallest absolute Gasteiger partial charge is 0.231 e. The lowest BCUT2D eigenvalue weighted by Crippen LogP contribution is -2.16. The first-order valence-corrected chi connectivity index (χ1v) is 9.45. The maximum atomic E-state index is 12.6. The fourth-order valence-electron chi connectivity index (χ4n) is 3.12. The summed E-state index contributed by atoms with van der Waals surface area (Å²) in [6.45, 7) is 0. The second kappa shape index (κ2) is 9.00. The van der Waals surface area contributed by atoms with Crippen molar-refractivity contribution in [2.24, 2.45) is 0 Å². The van der Waals surface area contributed by atoms with Crippen LogP contribution in [0.4, 0.5) is 5.69 Å². The molecule has 0 fully saturated rings. The largest absolute Gasteiger partial charge is 0.496 e. The number of carbonyl (C=O) groups excluding carboxylic acids is 1. The summed E-state index contributed by atoms with van der Waals surface area (Å²) in [6, 6.07) is 18.7. The second-order valence-electron chi connectivity index (χ2n) is 6.62. The summed E-state index contributed by atoms with van der Waals surface area (Å²) in [4.78, 5) is 21.1. The van der Waals surface area contributed by atoms with Gasteiger partial charge in [-0.2, -0.15) is 4.98 Å². The number of para-hydroxylation sites is 2. The fourth-order valence-corrected chi connectivity index (χ4v) is 3.12. The molecule has 7 nitrogen and oxygen atoms in total. The van der Waals surface area contributed by atoms with Crippen molar-refractivity contribution in [3.8, 4) is 17.1 Å². The highest BCUT2D eigenvalue weighted by atomic mass is 16.5. The van der Waals surface area contributed by atoms with Crippen molar-refractivity contribution in [2.45, 2.75) is 12.8 Å². The second-order valence-corrected chi connectivity index (χ2v) is 6.62. The monoisotopic (exact) mass is 400 g/mol. The van der Waals surface area contributed by atoms with Gasteiger partial charge >= 0.3 is 0 Å². The molecule has 0 aliphatic carbocycles. The zero-order chi connectivity index (χ0) is 20.8. The first kappa shape index (κ1) is 19.3. The first-order valence-electron chi connectivity index (χ1n) is 9.45. The number of hydrogen-bond acceptors (Lipinski definition) is 6. The third kappa shape index (κ3) is 4.52. The van der Waals surface area contributed by atoms with E-state index in [0.717, 1.165) is 16.7 Å². The summed E-state index contributed by atoms with van der Waals surface area (Å²) >= 11 is 0. The lowest BCUT2D eigenvalue weighted by molar-refractivity contribution is -0.115. The summed E-state index contributed by atoms with van der Waals surface area (Å²) in [5.74, 6) is 1.53. The normalized spacial score (nSPS) is 10.6. The molecule has 7 heteroatoms. The Morgan fingerprint density at radius 3 is 2.53 bits per heavy atom. The molecule has 4 rings (SSSR count). The predicted octanol–water partition coefficient (Wildman–Crippen LogP) is 3.91. The lowest BCUT2D eigenvalue weighted by atomic mass is 10.1. The molecular weight excluding hydrogens is 380 g/mol. The molecule has 2 aromatic heterocycles. The van der Waals surface area contributed by atoms with E-state index in [-0.39, 0.29) is 12.3 Å². The molecule has 4 aromatic rings. The minimum absolute atomic E-state index is 0.130. The van der Waals surface area contributed by atoms with Crippen molar-refractivity contribution < 1.29 is 14.1 Å². The van der Waals surface area contributed by atoms with E-state index in [1.165, 1.54) is 0 Å². The van der Waals surface area contributed by atoms with E-state index >= 15 is 0 Å². The van der Waals surface area contributed by atoms with E-state index in [2.05, 4.69) is 20.4 Å². The summed E-state index contributed by atoms with van der Waals surface area (Å²) < 4.78 is 10.7.